The molecule has 0 radical (unpaired) electrons. The summed E-state index contributed by atoms with van der Waals surface area (Å²) in [5.41, 5.74) is 1.62. The Labute approximate surface area is 63.5 Å². The van der Waals surface area contributed by atoms with E-state index in [0.717, 1.165) is 13.1 Å². The minimum absolute atomic E-state index is 1.10. The SMILES string of the molecule is CCCCCC1=CCNC1. The quantitative estimate of drug-likeness (QED) is 0.464. The lowest BCUT2D eigenvalue weighted by molar-refractivity contribution is 0.703. The molecular formula is C9H17N. The Kier molecular flexibility index (Phi) is 3.52. The van der Waals surface area contributed by atoms with Gasteiger partial charge in [0, 0.05) is 13.1 Å². The summed E-state index contributed by atoms with van der Waals surface area (Å²) >= 11 is 0. The predicted molar refractivity (Wildman–Crippen MR) is 45.1 cm³/mol. The molecule has 0 aromatic rings. The molecule has 10 heavy (non-hydrogen) atoms. The average Bonchev–Trinajstić information content (AvgIpc) is 2.41. The van der Waals surface area contributed by atoms with Gasteiger partial charge in [0.2, 0.25) is 0 Å². The van der Waals surface area contributed by atoms with Gasteiger partial charge in [0.25, 0.3) is 0 Å². The molecule has 0 bridgehead atoms. The van der Waals surface area contributed by atoms with E-state index in [0.29, 0.717) is 0 Å². The van der Waals surface area contributed by atoms with Crippen molar-refractivity contribution in [2.75, 3.05) is 13.1 Å². The number of rotatable bonds is 4. The van der Waals surface area contributed by atoms with Crippen molar-refractivity contribution in [3.8, 4) is 0 Å². The van der Waals surface area contributed by atoms with E-state index in [2.05, 4.69) is 18.3 Å². The maximum atomic E-state index is 3.31. The van der Waals surface area contributed by atoms with Gasteiger partial charge in [-0.15, -0.1) is 0 Å². The van der Waals surface area contributed by atoms with Gasteiger partial charge in [-0.05, 0) is 12.8 Å². The van der Waals surface area contributed by atoms with Crippen LogP contribution >= 0.6 is 0 Å². The maximum absolute atomic E-state index is 3.31. The molecule has 0 aromatic heterocycles. The third-order valence-corrected chi connectivity index (χ3v) is 1.99. The van der Waals surface area contributed by atoms with Crippen molar-refractivity contribution < 1.29 is 0 Å². The lowest BCUT2D eigenvalue weighted by atomic mass is 10.1. The summed E-state index contributed by atoms with van der Waals surface area (Å²) in [7, 11) is 0. The third kappa shape index (κ3) is 2.53. The van der Waals surface area contributed by atoms with Gasteiger partial charge in [-0.25, -0.2) is 0 Å². The van der Waals surface area contributed by atoms with E-state index in [9.17, 15) is 0 Å². The largest absolute Gasteiger partial charge is 0.310 e. The van der Waals surface area contributed by atoms with Crippen molar-refractivity contribution >= 4 is 0 Å². The van der Waals surface area contributed by atoms with Gasteiger partial charge in [-0.1, -0.05) is 31.4 Å². The minimum Gasteiger partial charge on any atom is -0.310 e. The fourth-order valence-corrected chi connectivity index (χ4v) is 1.31. The molecule has 1 aliphatic heterocycles. The van der Waals surface area contributed by atoms with E-state index in [4.69, 9.17) is 0 Å². The van der Waals surface area contributed by atoms with Crippen LogP contribution in [0, 0.1) is 0 Å². The van der Waals surface area contributed by atoms with Crippen LogP contribution in [0.3, 0.4) is 0 Å². The summed E-state index contributed by atoms with van der Waals surface area (Å²) in [6.07, 6.45) is 7.75. The van der Waals surface area contributed by atoms with Gasteiger partial charge in [-0.3, -0.25) is 0 Å². The van der Waals surface area contributed by atoms with Gasteiger partial charge in [0.1, 0.15) is 0 Å². The standard InChI is InChI=1S/C9H17N/c1-2-3-4-5-9-6-7-10-8-9/h6,10H,2-5,7-8H2,1H3. The molecule has 0 aromatic carbocycles. The highest BCUT2D eigenvalue weighted by Gasteiger charge is 2.01. The van der Waals surface area contributed by atoms with Gasteiger partial charge in [-0.2, -0.15) is 0 Å². The molecule has 0 saturated carbocycles. The van der Waals surface area contributed by atoms with Crippen LogP contribution in [0.5, 0.6) is 0 Å². The molecule has 1 nitrogen and oxygen atoms in total. The number of unbranched alkanes of at least 4 members (excludes halogenated alkanes) is 2. The topological polar surface area (TPSA) is 12.0 Å². The van der Waals surface area contributed by atoms with E-state index < -0.39 is 0 Å². The van der Waals surface area contributed by atoms with E-state index in [1.54, 1.807) is 5.57 Å². The highest BCUT2D eigenvalue weighted by atomic mass is 14.9. The lowest BCUT2D eigenvalue weighted by Gasteiger charge is -1.98. The maximum Gasteiger partial charge on any atom is 0.0168 e. The fraction of sp³-hybridized carbons (Fsp3) is 0.778. The van der Waals surface area contributed by atoms with Crippen molar-refractivity contribution in [3.63, 3.8) is 0 Å². The monoisotopic (exact) mass is 139 g/mol. The summed E-state index contributed by atoms with van der Waals surface area (Å²) in [6, 6.07) is 0. The third-order valence-electron chi connectivity index (χ3n) is 1.99. The van der Waals surface area contributed by atoms with Crippen molar-refractivity contribution in [2.24, 2.45) is 0 Å². The average molecular weight is 139 g/mol. The van der Waals surface area contributed by atoms with Crippen LogP contribution in [0.1, 0.15) is 32.6 Å². The van der Waals surface area contributed by atoms with Gasteiger partial charge >= 0.3 is 0 Å². The summed E-state index contributed by atoms with van der Waals surface area (Å²) in [4.78, 5) is 0. The normalized spacial score (nSPS) is 17.5. The molecular weight excluding hydrogens is 122 g/mol. The van der Waals surface area contributed by atoms with Crippen LogP contribution < -0.4 is 5.32 Å². The molecule has 0 fully saturated rings. The minimum atomic E-state index is 1.10. The first-order valence-electron chi connectivity index (χ1n) is 4.32. The summed E-state index contributed by atoms with van der Waals surface area (Å²) < 4.78 is 0. The van der Waals surface area contributed by atoms with Crippen LogP contribution in [-0.4, -0.2) is 13.1 Å². The van der Waals surface area contributed by atoms with Gasteiger partial charge < -0.3 is 5.32 Å². The zero-order chi connectivity index (χ0) is 7.23. The van der Waals surface area contributed by atoms with E-state index in [-0.39, 0.29) is 0 Å². The second kappa shape index (κ2) is 4.51. The molecule has 0 unspecified atom stereocenters. The fourth-order valence-electron chi connectivity index (χ4n) is 1.31. The highest BCUT2D eigenvalue weighted by Crippen LogP contribution is 2.09. The Morgan fingerprint density at radius 2 is 2.40 bits per heavy atom. The Morgan fingerprint density at radius 3 is 3.00 bits per heavy atom. The molecule has 58 valence electrons. The Balaban J connectivity index is 2.01. The Morgan fingerprint density at radius 1 is 1.50 bits per heavy atom. The van der Waals surface area contributed by atoms with Crippen LogP contribution in [-0.2, 0) is 0 Å². The first-order valence-corrected chi connectivity index (χ1v) is 4.32. The molecule has 0 aliphatic carbocycles. The molecule has 0 saturated heterocycles. The number of hydrogen-bond acceptors (Lipinski definition) is 1. The number of nitrogens with one attached hydrogen (secondary N) is 1. The first kappa shape index (κ1) is 7.80. The predicted octanol–water partition coefficient (Wildman–Crippen LogP) is 2.10. The van der Waals surface area contributed by atoms with E-state index in [1.165, 1.54) is 25.7 Å². The van der Waals surface area contributed by atoms with Crippen molar-refractivity contribution in [1.29, 1.82) is 0 Å². The van der Waals surface area contributed by atoms with Crippen molar-refractivity contribution in [1.82, 2.24) is 5.32 Å². The molecule has 1 aliphatic rings. The van der Waals surface area contributed by atoms with Crippen LogP contribution in [0.4, 0.5) is 0 Å². The van der Waals surface area contributed by atoms with Gasteiger partial charge in [0.05, 0.1) is 0 Å². The Hall–Kier alpha value is -0.300. The lowest BCUT2D eigenvalue weighted by Crippen LogP contribution is -2.07. The highest BCUT2D eigenvalue weighted by molar-refractivity contribution is 5.10. The van der Waals surface area contributed by atoms with Crippen LogP contribution in [0.2, 0.25) is 0 Å². The van der Waals surface area contributed by atoms with E-state index >= 15 is 0 Å². The van der Waals surface area contributed by atoms with Crippen molar-refractivity contribution in [3.05, 3.63) is 11.6 Å². The second-order valence-electron chi connectivity index (χ2n) is 2.95. The second-order valence-corrected chi connectivity index (χ2v) is 2.95. The van der Waals surface area contributed by atoms with Crippen molar-refractivity contribution in [2.45, 2.75) is 32.6 Å². The molecule has 1 heteroatoms. The molecule has 0 amide bonds. The first-order chi connectivity index (χ1) is 4.93. The Bertz CT molecular complexity index is 116. The smallest absolute Gasteiger partial charge is 0.0168 e. The summed E-state index contributed by atoms with van der Waals surface area (Å²) in [6.45, 7) is 4.49. The molecule has 0 atom stereocenters. The van der Waals surface area contributed by atoms with Crippen LogP contribution in [0.25, 0.3) is 0 Å². The zero-order valence-electron chi connectivity index (χ0n) is 6.82. The van der Waals surface area contributed by atoms with E-state index in [1.807, 2.05) is 0 Å². The molecule has 1 N–H and O–H groups in total. The molecule has 1 heterocycles. The molecule has 0 spiro atoms. The molecule has 1 rings (SSSR count). The summed E-state index contributed by atoms with van der Waals surface area (Å²) in [5.74, 6) is 0. The zero-order valence-corrected chi connectivity index (χ0v) is 6.82. The summed E-state index contributed by atoms with van der Waals surface area (Å²) in [5, 5.41) is 3.31. The number of hydrogen-bond donors (Lipinski definition) is 1. The van der Waals surface area contributed by atoms with Gasteiger partial charge in [0.15, 0.2) is 0 Å². The van der Waals surface area contributed by atoms with Crippen LogP contribution in [0.15, 0.2) is 11.6 Å².